The molecule has 10 heteroatoms. The summed E-state index contributed by atoms with van der Waals surface area (Å²) >= 11 is 0. The number of piperidine rings is 1. The second-order valence-corrected chi connectivity index (χ2v) is 9.30. The van der Waals surface area contributed by atoms with Crippen LogP contribution in [-0.2, 0) is 14.6 Å². The minimum absolute atomic E-state index is 0.107. The third-order valence-electron chi connectivity index (χ3n) is 4.79. The minimum Gasteiger partial charge on any atom is -0.450 e. The smallest absolute Gasteiger partial charge is 0.409 e. The molecule has 150 valence electrons. The molecule has 2 aliphatic rings. The highest BCUT2D eigenvalue weighted by Gasteiger charge is 2.28. The van der Waals surface area contributed by atoms with Crippen molar-refractivity contribution in [3.8, 4) is 0 Å². The van der Waals surface area contributed by atoms with Gasteiger partial charge in [0, 0.05) is 36.9 Å². The Kier molecular flexibility index (Phi) is 6.03. The zero-order valence-electron chi connectivity index (χ0n) is 15.8. The maximum Gasteiger partial charge on any atom is 0.409 e. The fourth-order valence-corrected chi connectivity index (χ4v) is 5.10. The molecule has 2 saturated heterocycles. The fourth-order valence-electron chi connectivity index (χ4n) is 3.43. The summed E-state index contributed by atoms with van der Waals surface area (Å²) in [4.78, 5) is 22.4. The van der Waals surface area contributed by atoms with Gasteiger partial charge >= 0.3 is 6.09 Å². The lowest BCUT2D eigenvalue weighted by Gasteiger charge is -2.31. The van der Waals surface area contributed by atoms with Gasteiger partial charge in [0.1, 0.15) is 5.82 Å². The van der Waals surface area contributed by atoms with Gasteiger partial charge in [-0.1, -0.05) is 0 Å². The number of rotatable bonds is 5. The standard InChI is InChI=1S/C17H27N5O4S/c1-3-26-17(23)22-7-4-13(5-8-22)20-16-18-12(2)10-15(21-16)19-14-6-9-27(24,25)11-14/h10,13-14H,3-9,11H2,1-2H3,(H2,18,19,20,21). The summed E-state index contributed by atoms with van der Waals surface area (Å²) in [5.74, 6) is 1.52. The lowest BCUT2D eigenvalue weighted by atomic mass is 10.1. The zero-order valence-corrected chi connectivity index (χ0v) is 16.6. The molecular weight excluding hydrogens is 370 g/mol. The molecule has 0 spiro atoms. The van der Waals surface area contributed by atoms with Gasteiger partial charge in [0.25, 0.3) is 0 Å². The lowest BCUT2D eigenvalue weighted by molar-refractivity contribution is 0.0983. The first kappa shape index (κ1) is 19.7. The zero-order chi connectivity index (χ0) is 19.4. The van der Waals surface area contributed by atoms with Gasteiger partial charge in [0.2, 0.25) is 5.95 Å². The summed E-state index contributed by atoms with van der Waals surface area (Å²) in [5, 5.41) is 6.55. The first-order chi connectivity index (χ1) is 12.8. The molecule has 0 radical (unpaired) electrons. The Morgan fingerprint density at radius 3 is 2.59 bits per heavy atom. The monoisotopic (exact) mass is 397 g/mol. The average molecular weight is 398 g/mol. The van der Waals surface area contributed by atoms with E-state index in [2.05, 4.69) is 20.6 Å². The SMILES string of the molecule is CCOC(=O)N1CCC(Nc2nc(C)cc(NC3CCS(=O)(=O)C3)n2)CC1. The van der Waals surface area contributed by atoms with E-state index in [0.717, 1.165) is 18.5 Å². The summed E-state index contributed by atoms with van der Waals surface area (Å²) in [5.41, 5.74) is 0.805. The van der Waals surface area contributed by atoms with Gasteiger partial charge in [-0.2, -0.15) is 4.98 Å². The Morgan fingerprint density at radius 2 is 1.96 bits per heavy atom. The summed E-state index contributed by atoms with van der Waals surface area (Å²) in [7, 11) is -2.94. The highest BCUT2D eigenvalue weighted by molar-refractivity contribution is 7.91. The predicted octanol–water partition coefficient (Wildman–Crippen LogP) is 1.42. The van der Waals surface area contributed by atoms with Crippen molar-refractivity contribution in [3.05, 3.63) is 11.8 Å². The summed E-state index contributed by atoms with van der Waals surface area (Å²) < 4.78 is 28.3. The van der Waals surface area contributed by atoms with Gasteiger partial charge in [-0.05, 0) is 33.1 Å². The van der Waals surface area contributed by atoms with Crippen molar-refractivity contribution in [2.45, 2.75) is 45.2 Å². The Hall–Kier alpha value is -2.10. The molecule has 2 N–H and O–H groups in total. The topological polar surface area (TPSA) is 114 Å². The Bertz CT molecular complexity index is 778. The number of hydrogen-bond acceptors (Lipinski definition) is 8. The van der Waals surface area contributed by atoms with Crippen LogP contribution in [0.1, 0.15) is 31.9 Å². The van der Waals surface area contributed by atoms with Crippen LogP contribution in [0.5, 0.6) is 0 Å². The molecular formula is C17H27N5O4S. The van der Waals surface area contributed by atoms with Crippen LogP contribution in [-0.4, -0.2) is 72.7 Å². The Balaban J connectivity index is 1.56. The number of nitrogens with one attached hydrogen (secondary N) is 2. The van der Waals surface area contributed by atoms with Crippen molar-refractivity contribution < 1.29 is 17.9 Å². The van der Waals surface area contributed by atoms with Gasteiger partial charge in [-0.3, -0.25) is 0 Å². The number of aromatic nitrogens is 2. The van der Waals surface area contributed by atoms with Crippen molar-refractivity contribution in [3.63, 3.8) is 0 Å². The molecule has 1 atom stereocenters. The van der Waals surface area contributed by atoms with E-state index < -0.39 is 9.84 Å². The van der Waals surface area contributed by atoms with Crippen molar-refractivity contribution in [2.24, 2.45) is 0 Å². The molecule has 1 amide bonds. The van der Waals surface area contributed by atoms with Crippen LogP contribution < -0.4 is 10.6 Å². The number of carbonyl (C=O) groups is 1. The number of nitrogens with zero attached hydrogens (tertiary/aromatic N) is 3. The Labute approximate surface area is 159 Å². The first-order valence-electron chi connectivity index (χ1n) is 9.35. The summed E-state index contributed by atoms with van der Waals surface area (Å²) in [6.07, 6.45) is 1.92. The van der Waals surface area contributed by atoms with Crippen LogP contribution in [0.4, 0.5) is 16.6 Å². The van der Waals surface area contributed by atoms with Crippen LogP contribution in [0.25, 0.3) is 0 Å². The van der Waals surface area contributed by atoms with E-state index in [9.17, 15) is 13.2 Å². The van der Waals surface area contributed by atoms with Gasteiger partial charge in [0.05, 0.1) is 18.1 Å². The second kappa shape index (κ2) is 8.28. The maximum atomic E-state index is 11.8. The van der Waals surface area contributed by atoms with E-state index >= 15 is 0 Å². The van der Waals surface area contributed by atoms with Gasteiger partial charge in [0.15, 0.2) is 9.84 Å². The molecule has 3 heterocycles. The number of ether oxygens (including phenoxy) is 1. The Morgan fingerprint density at radius 1 is 1.22 bits per heavy atom. The van der Waals surface area contributed by atoms with E-state index in [-0.39, 0.29) is 29.7 Å². The van der Waals surface area contributed by atoms with Crippen LogP contribution in [0.15, 0.2) is 6.07 Å². The van der Waals surface area contributed by atoms with Crippen LogP contribution in [0, 0.1) is 6.92 Å². The first-order valence-corrected chi connectivity index (χ1v) is 11.2. The normalized spacial score (nSPS) is 22.4. The quantitative estimate of drug-likeness (QED) is 0.767. The van der Waals surface area contributed by atoms with Gasteiger partial charge < -0.3 is 20.3 Å². The number of anilines is 2. The van der Waals surface area contributed by atoms with E-state index in [1.54, 1.807) is 11.8 Å². The molecule has 2 aliphatic heterocycles. The second-order valence-electron chi connectivity index (χ2n) is 7.07. The third-order valence-corrected chi connectivity index (χ3v) is 6.56. The molecule has 27 heavy (non-hydrogen) atoms. The molecule has 2 fully saturated rings. The predicted molar refractivity (Wildman–Crippen MR) is 103 cm³/mol. The third kappa shape index (κ3) is 5.44. The molecule has 0 saturated carbocycles. The van der Waals surface area contributed by atoms with Gasteiger partial charge in [-0.15, -0.1) is 0 Å². The molecule has 0 aromatic carbocycles. The van der Waals surface area contributed by atoms with E-state index in [1.807, 2.05) is 13.0 Å². The maximum absolute atomic E-state index is 11.8. The minimum atomic E-state index is -2.94. The number of carbonyl (C=O) groups excluding carboxylic acids is 1. The lowest BCUT2D eigenvalue weighted by Crippen LogP contribution is -2.42. The van der Waals surface area contributed by atoms with Crippen molar-refractivity contribution in [1.29, 1.82) is 0 Å². The molecule has 3 rings (SSSR count). The number of aryl methyl sites for hydroxylation is 1. The fraction of sp³-hybridized carbons (Fsp3) is 0.706. The average Bonchev–Trinajstić information content (AvgIpc) is 2.93. The van der Waals surface area contributed by atoms with Crippen LogP contribution in [0.2, 0.25) is 0 Å². The largest absolute Gasteiger partial charge is 0.450 e. The number of sulfone groups is 1. The molecule has 9 nitrogen and oxygen atoms in total. The van der Waals surface area contributed by atoms with Crippen molar-refractivity contribution in [2.75, 3.05) is 41.8 Å². The molecule has 0 aliphatic carbocycles. The number of hydrogen-bond donors (Lipinski definition) is 2. The van der Waals surface area contributed by atoms with Crippen LogP contribution in [0.3, 0.4) is 0 Å². The molecule has 1 aromatic rings. The van der Waals surface area contributed by atoms with E-state index in [0.29, 0.717) is 37.9 Å². The molecule has 1 unspecified atom stereocenters. The van der Waals surface area contributed by atoms with Crippen LogP contribution >= 0.6 is 0 Å². The molecule has 0 bridgehead atoms. The molecule has 1 aromatic heterocycles. The number of likely N-dealkylation sites (tertiary alicyclic amines) is 1. The van der Waals surface area contributed by atoms with Gasteiger partial charge in [-0.25, -0.2) is 18.2 Å². The van der Waals surface area contributed by atoms with Crippen molar-refractivity contribution >= 4 is 27.7 Å². The summed E-state index contributed by atoms with van der Waals surface area (Å²) in [6, 6.07) is 1.89. The number of amides is 1. The van der Waals surface area contributed by atoms with Crippen molar-refractivity contribution in [1.82, 2.24) is 14.9 Å². The van der Waals surface area contributed by atoms with E-state index in [1.165, 1.54) is 0 Å². The highest BCUT2D eigenvalue weighted by atomic mass is 32.2. The van der Waals surface area contributed by atoms with E-state index in [4.69, 9.17) is 4.74 Å². The summed E-state index contributed by atoms with van der Waals surface area (Å²) in [6.45, 7) is 5.33. The highest BCUT2D eigenvalue weighted by Crippen LogP contribution is 2.20.